The summed E-state index contributed by atoms with van der Waals surface area (Å²) in [4.78, 5) is 0. The molecule has 0 bridgehead atoms. The molecule has 0 aliphatic carbocycles. The lowest BCUT2D eigenvalue weighted by Crippen LogP contribution is -2.30. The molecule has 0 radical (unpaired) electrons. The molecule has 1 saturated heterocycles. The van der Waals surface area contributed by atoms with Crippen LogP contribution in [0.2, 0.25) is 0 Å². The minimum atomic E-state index is 0.490. The van der Waals surface area contributed by atoms with E-state index in [9.17, 15) is 0 Å². The van der Waals surface area contributed by atoms with Gasteiger partial charge >= 0.3 is 0 Å². The van der Waals surface area contributed by atoms with Crippen LogP contribution >= 0.6 is 11.8 Å². The second-order valence-corrected chi connectivity index (χ2v) is 5.79. The Balaban J connectivity index is 2.15. The first-order valence-electron chi connectivity index (χ1n) is 6.69. The maximum absolute atomic E-state index is 4.45. The molecule has 3 nitrogen and oxygen atoms in total. The van der Waals surface area contributed by atoms with Crippen molar-refractivity contribution < 1.29 is 0 Å². The van der Waals surface area contributed by atoms with Crippen molar-refractivity contribution in [3.8, 4) is 0 Å². The predicted octanol–water partition coefficient (Wildman–Crippen LogP) is 2.70. The fourth-order valence-electron chi connectivity index (χ4n) is 2.55. The molecule has 2 atom stereocenters. The van der Waals surface area contributed by atoms with Crippen LogP contribution in [-0.2, 0) is 6.54 Å². The Morgan fingerprint density at radius 1 is 1.59 bits per heavy atom. The first-order chi connectivity index (χ1) is 8.36. The van der Waals surface area contributed by atoms with Gasteiger partial charge in [-0.2, -0.15) is 16.9 Å². The van der Waals surface area contributed by atoms with Crippen LogP contribution in [0.25, 0.3) is 0 Å². The monoisotopic (exact) mass is 253 g/mol. The van der Waals surface area contributed by atoms with Gasteiger partial charge in [0, 0.05) is 12.7 Å². The molecule has 1 aliphatic rings. The van der Waals surface area contributed by atoms with Crippen molar-refractivity contribution in [2.45, 2.75) is 39.3 Å². The average molecular weight is 253 g/mol. The summed E-state index contributed by atoms with van der Waals surface area (Å²) in [7, 11) is 0. The van der Waals surface area contributed by atoms with E-state index in [-0.39, 0.29) is 0 Å². The zero-order valence-electron chi connectivity index (χ0n) is 10.9. The molecular weight excluding hydrogens is 230 g/mol. The van der Waals surface area contributed by atoms with E-state index in [4.69, 9.17) is 0 Å². The van der Waals surface area contributed by atoms with E-state index in [1.54, 1.807) is 0 Å². The molecule has 1 N–H and O–H groups in total. The summed E-state index contributed by atoms with van der Waals surface area (Å²) >= 11 is 2.08. The maximum atomic E-state index is 4.45. The van der Waals surface area contributed by atoms with Crippen LogP contribution in [0.3, 0.4) is 0 Å². The van der Waals surface area contributed by atoms with Crippen molar-refractivity contribution in [2.75, 3.05) is 18.1 Å². The molecule has 4 heteroatoms. The highest BCUT2D eigenvalue weighted by atomic mass is 32.2. The molecule has 96 valence electrons. The Morgan fingerprint density at radius 2 is 2.47 bits per heavy atom. The second-order valence-electron chi connectivity index (χ2n) is 4.64. The average Bonchev–Trinajstić information content (AvgIpc) is 2.97. The highest BCUT2D eigenvalue weighted by Gasteiger charge is 2.28. The Bertz CT molecular complexity index is 331. The number of hydrogen-bond donors (Lipinski definition) is 1. The fraction of sp³-hybridized carbons (Fsp3) is 0.769. The van der Waals surface area contributed by atoms with Crippen molar-refractivity contribution in [3.63, 3.8) is 0 Å². The van der Waals surface area contributed by atoms with Gasteiger partial charge in [0.2, 0.25) is 0 Å². The first-order valence-corrected chi connectivity index (χ1v) is 7.85. The van der Waals surface area contributed by atoms with Crippen LogP contribution in [0.5, 0.6) is 0 Å². The normalized spacial score (nSPS) is 21.9. The van der Waals surface area contributed by atoms with Gasteiger partial charge < -0.3 is 5.32 Å². The molecule has 0 spiro atoms. The first kappa shape index (κ1) is 13.0. The third kappa shape index (κ3) is 3.05. The summed E-state index contributed by atoms with van der Waals surface area (Å²) in [5.41, 5.74) is 1.38. The van der Waals surface area contributed by atoms with Crippen molar-refractivity contribution in [1.82, 2.24) is 15.1 Å². The van der Waals surface area contributed by atoms with Crippen LogP contribution in [0.4, 0.5) is 0 Å². The van der Waals surface area contributed by atoms with Gasteiger partial charge in [-0.25, -0.2) is 0 Å². The standard InChI is InChI=1S/C13H23N3S/c1-3-8-16-12(5-7-15-16)13(14-4-2)11-6-9-17-10-11/h5,7,11,13-14H,3-4,6,8-10H2,1-2H3. The minimum absolute atomic E-state index is 0.490. The van der Waals surface area contributed by atoms with Gasteiger partial charge in [0.15, 0.2) is 0 Å². The van der Waals surface area contributed by atoms with E-state index in [1.807, 2.05) is 6.20 Å². The molecule has 17 heavy (non-hydrogen) atoms. The van der Waals surface area contributed by atoms with Gasteiger partial charge in [-0.3, -0.25) is 4.68 Å². The lowest BCUT2D eigenvalue weighted by molar-refractivity contribution is 0.372. The van der Waals surface area contributed by atoms with E-state index >= 15 is 0 Å². The van der Waals surface area contributed by atoms with E-state index < -0.39 is 0 Å². The van der Waals surface area contributed by atoms with Gasteiger partial charge in [0.1, 0.15) is 0 Å². The third-order valence-corrected chi connectivity index (χ3v) is 4.55. The second kappa shape index (κ2) is 6.45. The Kier molecular flexibility index (Phi) is 4.92. The summed E-state index contributed by atoms with van der Waals surface area (Å²) in [6.45, 7) is 6.46. The lowest BCUT2D eigenvalue weighted by Gasteiger charge is -2.24. The molecule has 0 aromatic carbocycles. The minimum Gasteiger partial charge on any atom is -0.309 e. The van der Waals surface area contributed by atoms with Crippen LogP contribution in [0, 0.1) is 5.92 Å². The number of hydrogen-bond acceptors (Lipinski definition) is 3. The van der Waals surface area contributed by atoms with Crippen molar-refractivity contribution in [3.05, 3.63) is 18.0 Å². The summed E-state index contributed by atoms with van der Waals surface area (Å²) in [6, 6.07) is 2.68. The van der Waals surface area contributed by atoms with Crippen LogP contribution in [0.15, 0.2) is 12.3 Å². The van der Waals surface area contributed by atoms with E-state index in [0.717, 1.165) is 25.4 Å². The topological polar surface area (TPSA) is 29.9 Å². The lowest BCUT2D eigenvalue weighted by atomic mass is 9.96. The zero-order valence-corrected chi connectivity index (χ0v) is 11.7. The molecule has 1 aliphatic heterocycles. The number of nitrogens with one attached hydrogen (secondary N) is 1. The Morgan fingerprint density at radius 3 is 3.12 bits per heavy atom. The summed E-state index contributed by atoms with van der Waals surface area (Å²) in [5.74, 6) is 3.37. The van der Waals surface area contributed by atoms with Crippen molar-refractivity contribution >= 4 is 11.8 Å². The largest absolute Gasteiger partial charge is 0.309 e. The highest BCUT2D eigenvalue weighted by molar-refractivity contribution is 7.99. The van der Waals surface area contributed by atoms with E-state index in [0.29, 0.717) is 6.04 Å². The molecule has 2 heterocycles. The van der Waals surface area contributed by atoms with Crippen LogP contribution in [-0.4, -0.2) is 27.8 Å². The molecule has 1 fully saturated rings. The SMILES string of the molecule is CCCn1nccc1C(NCC)C1CCSC1. The van der Waals surface area contributed by atoms with Crippen molar-refractivity contribution in [1.29, 1.82) is 0 Å². The Hall–Kier alpha value is -0.480. The zero-order chi connectivity index (χ0) is 12.1. The molecule has 0 saturated carbocycles. The number of thioether (sulfide) groups is 1. The van der Waals surface area contributed by atoms with Crippen LogP contribution in [0.1, 0.15) is 38.4 Å². The number of aryl methyl sites for hydroxylation is 1. The molecule has 1 aromatic rings. The number of aromatic nitrogens is 2. The third-order valence-electron chi connectivity index (χ3n) is 3.36. The molecular formula is C13H23N3S. The summed E-state index contributed by atoms with van der Waals surface area (Å²) < 4.78 is 2.18. The van der Waals surface area contributed by atoms with Crippen LogP contribution < -0.4 is 5.32 Å². The van der Waals surface area contributed by atoms with E-state index in [1.165, 1.54) is 23.6 Å². The van der Waals surface area contributed by atoms with E-state index in [2.05, 4.69) is 46.8 Å². The molecule has 0 amide bonds. The molecule has 2 unspecified atom stereocenters. The van der Waals surface area contributed by atoms with Gasteiger partial charge in [0.05, 0.1) is 11.7 Å². The van der Waals surface area contributed by atoms with Crippen molar-refractivity contribution in [2.24, 2.45) is 5.92 Å². The Labute approximate surface area is 108 Å². The highest BCUT2D eigenvalue weighted by Crippen LogP contribution is 2.34. The smallest absolute Gasteiger partial charge is 0.0556 e. The van der Waals surface area contributed by atoms with Gasteiger partial charge in [-0.05, 0) is 42.9 Å². The number of nitrogens with zero attached hydrogens (tertiary/aromatic N) is 2. The maximum Gasteiger partial charge on any atom is 0.0556 e. The fourth-order valence-corrected chi connectivity index (χ4v) is 3.85. The summed E-state index contributed by atoms with van der Waals surface area (Å²) in [5, 5.41) is 8.10. The molecule has 1 aromatic heterocycles. The predicted molar refractivity (Wildman–Crippen MR) is 74.4 cm³/mol. The number of rotatable bonds is 6. The van der Waals surface area contributed by atoms with Gasteiger partial charge in [0.25, 0.3) is 0 Å². The van der Waals surface area contributed by atoms with Gasteiger partial charge in [-0.15, -0.1) is 0 Å². The van der Waals surface area contributed by atoms with Gasteiger partial charge in [-0.1, -0.05) is 13.8 Å². The quantitative estimate of drug-likeness (QED) is 0.845. The summed E-state index contributed by atoms with van der Waals surface area (Å²) in [6.07, 6.45) is 4.42. The molecule has 2 rings (SSSR count).